The van der Waals surface area contributed by atoms with Crippen molar-refractivity contribution in [1.82, 2.24) is 9.80 Å². The average molecular weight is 617 g/mol. The molecule has 0 saturated carbocycles. The van der Waals surface area contributed by atoms with E-state index in [1.165, 1.54) is 21.3 Å². The van der Waals surface area contributed by atoms with Gasteiger partial charge in [-0.3, -0.25) is 0 Å². The van der Waals surface area contributed by atoms with Crippen molar-refractivity contribution < 1.29 is 42.7 Å². The number of rotatable bonds is 7. The third kappa shape index (κ3) is 9.06. The van der Waals surface area contributed by atoms with Crippen LogP contribution in [0.4, 0.5) is 0 Å². The first kappa shape index (κ1) is 33.5. The lowest BCUT2D eigenvalue weighted by atomic mass is 10.1. The molecule has 3 atom stereocenters. The number of carbonyl (C=O) groups is 1. The van der Waals surface area contributed by atoms with E-state index < -0.39 is 5.97 Å². The standard InChI is InChI=1S/C33H48N2O9/c1-37-27-19-24-20-30(32(27)41-5)43-18-6-9-26(10-14-35-12-7-11-34(15-16-35)13-8-17-42-23-24)44-33(36)25-21-28(38-2)31(40-4)29(22-25)39-3/h19-22,26H,6-18,23H2,1-5H3/t26-/m1/s1. The molecule has 11 heteroatoms. The Morgan fingerprint density at radius 2 is 1.32 bits per heavy atom. The molecule has 244 valence electrons. The van der Waals surface area contributed by atoms with Crippen LogP contribution in [0.2, 0.25) is 0 Å². The highest BCUT2D eigenvalue weighted by atomic mass is 16.6. The first-order chi connectivity index (χ1) is 21.5. The third-order valence-electron chi connectivity index (χ3n) is 8.09. The van der Waals surface area contributed by atoms with Crippen molar-refractivity contribution in [3.63, 3.8) is 0 Å². The highest BCUT2D eigenvalue weighted by Crippen LogP contribution is 2.40. The third-order valence-corrected chi connectivity index (χ3v) is 8.09. The molecular formula is C33H48N2O9. The van der Waals surface area contributed by atoms with E-state index in [1.807, 2.05) is 12.1 Å². The summed E-state index contributed by atoms with van der Waals surface area (Å²) in [6.07, 6.45) is 3.80. The average Bonchev–Trinajstić information content (AvgIpc) is 3.28. The Balaban J connectivity index is 1.52. The SMILES string of the molecule is COc1cc(C(=O)O[C@@H]2CCCOc3cc(cc(OC)c3OC)COCCCN3CCCN(CC2)CC3)cc(OC)c1OC. The van der Waals surface area contributed by atoms with Gasteiger partial charge in [-0.05, 0) is 75.0 Å². The normalized spacial score (nSPS) is 21.8. The van der Waals surface area contributed by atoms with Crippen molar-refractivity contribution in [3.8, 4) is 34.5 Å². The summed E-state index contributed by atoms with van der Waals surface area (Å²) in [6.45, 7) is 7.52. The van der Waals surface area contributed by atoms with Crippen molar-refractivity contribution in [2.24, 2.45) is 0 Å². The van der Waals surface area contributed by atoms with Gasteiger partial charge in [0.05, 0.1) is 54.3 Å². The molecule has 11 nitrogen and oxygen atoms in total. The van der Waals surface area contributed by atoms with Gasteiger partial charge in [-0.25, -0.2) is 4.79 Å². The van der Waals surface area contributed by atoms with Gasteiger partial charge in [0, 0.05) is 32.8 Å². The van der Waals surface area contributed by atoms with Gasteiger partial charge in [0.1, 0.15) is 6.10 Å². The molecule has 1 saturated heterocycles. The summed E-state index contributed by atoms with van der Waals surface area (Å²) in [5.41, 5.74) is 1.30. The lowest BCUT2D eigenvalue weighted by Crippen LogP contribution is -2.34. The zero-order chi connectivity index (χ0) is 31.3. The van der Waals surface area contributed by atoms with E-state index in [0.717, 1.165) is 64.1 Å². The fourth-order valence-electron chi connectivity index (χ4n) is 5.73. The Morgan fingerprint density at radius 1 is 0.682 bits per heavy atom. The van der Waals surface area contributed by atoms with Crippen LogP contribution in [0.1, 0.15) is 48.0 Å². The molecule has 44 heavy (non-hydrogen) atoms. The van der Waals surface area contributed by atoms with E-state index in [4.69, 9.17) is 37.9 Å². The van der Waals surface area contributed by atoms with Crippen LogP contribution in [0, 0.1) is 0 Å². The van der Waals surface area contributed by atoms with E-state index >= 15 is 0 Å². The first-order valence-corrected chi connectivity index (χ1v) is 15.4. The summed E-state index contributed by atoms with van der Waals surface area (Å²) in [4.78, 5) is 18.4. The summed E-state index contributed by atoms with van der Waals surface area (Å²) in [5, 5.41) is 0. The van der Waals surface area contributed by atoms with Gasteiger partial charge in [-0.15, -0.1) is 0 Å². The predicted molar refractivity (Wildman–Crippen MR) is 166 cm³/mol. The summed E-state index contributed by atoms with van der Waals surface area (Å²) >= 11 is 0. The lowest BCUT2D eigenvalue weighted by Gasteiger charge is -2.25. The molecule has 0 aromatic heterocycles. The summed E-state index contributed by atoms with van der Waals surface area (Å²) in [7, 11) is 7.79. The lowest BCUT2D eigenvalue weighted by molar-refractivity contribution is 0.0221. The predicted octanol–water partition coefficient (Wildman–Crippen LogP) is 4.43. The fourth-order valence-corrected chi connectivity index (χ4v) is 5.73. The largest absolute Gasteiger partial charge is 0.493 e. The van der Waals surface area contributed by atoms with Crippen LogP contribution in [0.5, 0.6) is 34.5 Å². The van der Waals surface area contributed by atoms with Crippen molar-refractivity contribution in [2.45, 2.75) is 44.8 Å². The molecule has 0 amide bonds. The second-order valence-electron chi connectivity index (χ2n) is 11.0. The van der Waals surface area contributed by atoms with Gasteiger partial charge < -0.3 is 47.7 Å². The number of benzene rings is 2. The quantitative estimate of drug-likeness (QED) is 0.413. The highest BCUT2D eigenvalue weighted by molar-refractivity contribution is 5.91. The smallest absolute Gasteiger partial charge is 0.338 e. The number of methoxy groups -OCH3 is 5. The van der Waals surface area contributed by atoms with E-state index in [-0.39, 0.29) is 6.10 Å². The molecule has 0 radical (unpaired) electrons. The Morgan fingerprint density at radius 3 is 1.98 bits per heavy atom. The zero-order valence-electron chi connectivity index (χ0n) is 26.9. The zero-order valence-corrected chi connectivity index (χ0v) is 26.9. The van der Waals surface area contributed by atoms with Gasteiger partial charge in [0.15, 0.2) is 23.0 Å². The summed E-state index contributed by atoms with van der Waals surface area (Å²) in [5.74, 6) is 2.53. The maximum atomic E-state index is 13.4. The number of nitrogens with zero attached hydrogens (tertiary/aromatic N) is 2. The van der Waals surface area contributed by atoms with Crippen LogP contribution in [-0.2, 0) is 16.1 Å². The maximum absolute atomic E-state index is 13.4. The van der Waals surface area contributed by atoms with Gasteiger partial charge in [0.2, 0.25) is 11.5 Å². The molecule has 0 spiro atoms. The molecule has 1 fully saturated rings. The highest BCUT2D eigenvalue weighted by Gasteiger charge is 2.23. The van der Waals surface area contributed by atoms with Gasteiger partial charge >= 0.3 is 5.97 Å². The van der Waals surface area contributed by atoms with Crippen LogP contribution >= 0.6 is 0 Å². The second kappa shape index (κ2) is 17.2. The molecule has 4 rings (SSSR count). The summed E-state index contributed by atoms with van der Waals surface area (Å²) in [6, 6.07) is 7.11. The second-order valence-corrected chi connectivity index (χ2v) is 11.0. The van der Waals surface area contributed by atoms with Crippen molar-refractivity contribution in [3.05, 3.63) is 35.4 Å². The Bertz CT molecular complexity index is 1180. The maximum Gasteiger partial charge on any atom is 0.338 e. The molecular weight excluding hydrogens is 568 g/mol. The molecule has 2 aliphatic rings. The molecule has 2 heterocycles. The van der Waals surface area contributed by atoms with E-state index in [2.05, 4.69) is 9.80 Å². The van der Waals surface area contributed by atoms with Crippen LogP contribution in [0.3, 0.4) is 0 Å². The number of carbonyl (C=O) groups excluding carboxylic acids is 1. The summed E-state index contributed by atoms with van der Waals surface area (Å²) < 4.78 is 45.9. The van der Waals surface area contributed by atoms with Gasteiger partial charge in [0.25, 0.3) is 0 Å². The van der Waals surface area contributed by atoms with Crippen LogP contribution in [0.15, 0.2) is 24.3 Å². The Hall–Kier alpha value is -3.41. The number of hydrogen-bond donors (Lipinski definition) is 0. The van der Waals surface area contributed by atoms with Crippen LogP contribution in [-0.4, -0.2) is 110 Å². The Kier molecular flexibility index (Phi) is 13.1. The number of hydrogen-bond acceptors (Lipinski definition) is 11. The monoisotopic (exact) mass is 616 g/mol. The molecule has 2 aliphatic heterocycles. The van der Waals surface area contributed by atoms with Gasteiger partial charge in [-0.2, -0.15) is 0 Å². The molecule has 0 N–H and O–H groups in total. The van der Waals surface area contributed by atoms with Crippen molar-refractivity contribution in [2.75, 3.05) is 88.0 Å². The number of esters is 1. The molecule has 2 aromatic carbocycles. The van der Waals surface area contributed by atoms with E-state index in [9.17, 15) is 4.79 Å². The molecule has 0 aliphatic carbocycles. The minimum Gasteiger partial charge on any atom is -0.493 e. The van der Waals surface area contributed by atoms with Crippen LogP contribution in [0.25, 0.3) is 0 Å². The molecule has 4 bridgehead atoms. The number of fused-ring (bicyclic) bond motifs is 5. The molecule has 2 aromatic rings. The molecule has 2 unspecified atom stereocenters. The van der Waals surface area contributed by atoms with E-state index in [1.54, 1.807) is 26.4 Å². The topological polar surface area (TPSA) is 97.4 Å². The van der Waals surface area contributed by atoms with Crippen LogP contribution < -0.4 is 28.4 Å². The fraction of sp³-hybridized carbons (Fsp3) is 0.606. The Labute approximate surface area is 261 Å². The minimum absolute atomic E-state index is 0.303. The minimum atomic E-state index is -0.435. The number of ether oxygens (including phenoxy) is 8. The van der Waals surface area contributed by atoms with Gasteiger partial charge in [-0.1, -0.05) is 0 Å². The first-order valence-electron chi connectivity index (χ1n) is 15.4. The van der Waals surface area contributed by atoms with Crippen molar-refractivity contribution in [1.29, 1.82) is 0 Å². The van der Waals surface area contributed by atoms with E-state index in [0.29, 0.717) is 72.7 Å². The van der Waals surface area contributed by atoms with Crippen molar-refractivity contribution >= 4 is 5.97 Å².